The largest absolute Gasteiger partial charge is 0.492 e. The van der Waals surface area contributed by atoms with Crippen molar-refractivity contribution in [2.24, 2.45) is 5.41 Å². The van der Waals surface area contributed by atoms with E-state index in [2.05, 4.69) is 4.98 Å². The number of aromatic nitrogens is 1. The molecule has 0 atom stereocenters. The summed E-state index contributed by atoms with van der Waals surface area (Å²) in [5.74, 6) is -0.692. The maximum atomic E-state index is 12.9. The molecule has 0 saturated heterocycles. The zero-order valence-electron chi connectivity index (χ0n) is 17.2. The maximum absolute atomic E-state index is 12.9. The van der Waals surface area contributed by atoms with Gasteiger partial charge in [-0.25, -0.2) is 4.79 Å². The zero-order valence-corrected chi connectivity index (χ0v) is 17.2. The van der Waals surface area contributed by atoms with Crippen molar-refractivity contribution >= 4 is 28.5 Å². The Balaban J connectivity index is 2.37. The molecule has 0 unspecified atom stereocenters. The van der Waals surface area contributed by atoms with Gasteiger partial charge in [0.1, 0.15) is 17.9 Å². The van der Waals surface area contributed by atoms with E-state index in [-0.39, 0.29) is 23.8 Å². The molecule has 2 aromatic rings. The van der Waals surface area contributed by atoms with Gasteiger partial charge in [0, 0.05) is 13.1 Å². The first-order valence-corrected chi connectivity index (χ1v) is 9.48. The molecule has 0 aliphatic heterocycles. The molecule has 1 amide bonds. The number of anilines is 1. The highest BCUT2D eigenvalue weighted by molar-refractivity contribution is 6.06. The lowest BCUT2D eigenvalue weighted by atomic mass is 9.92. The predicted molar refractivity (Wildman–Crippen MR) is 110 cm³/mol. The Morgan fingerprint density at radius 2 is 1.96 bits per heavy atom. The molecule has 1 aromatic carbocycles. The number of aryl methyl sites for hydroxylation is 1. The minimum atomic E-state index is -1.13. The second-order valence-corrected chi connectivity index (χ2v) is 7.50. The quantitative estimate of drug-likeness (QED) is 0.718. The van der Waals surface area contributed by atoms with E-state index in [1.54, 1.807) is 25.1 Å². The fourth-order valence-electron chi connectivity index (χ4n) is 3.25. The summed E-state index contributed by atoms with van der Waals surface area (Å²) in [5.41, 5.74) is 6.41. The van der Waals surface area contributed by atoms with E-state index in [1.807, 2.05) is 32.6 Å². The van der Waals surface area contributed by atoms with Crippen molar-refractivity contribution in [3.05, 3.63) is 29.5 Å². The van der Waals surface area contributed by atoms with Crippen LogP contribution in [0.25, 0.3) is 10.9 Å². The summed E-state index contributed by atoms with van der Waals surface area (Å²) in [6, 6.07) is 5.24. The van der Waals surface area contributed by atoms with Gasteiger partial charge in [0.05, 0.1) is 27.7 Å². The van der Waals surface area contributed by atoms with Gasteiger partial charge in [-0.1, -0.05) is 13.0 Å². The Labute approximate surface area is 165 Å². The van der Waals surface area contributed by atoms with Crippen LogP contribution in [-0.2, 0) is 4.79 Å². The molecule has 0 radical (unpaired) electrons. The van der Waals surface area contributed by atoms with Gasteiger partial charge in [0.2, 0.25) is 5.91 Å². The van der Waals surface area contributed by atoms with E-state index >= 15 is 0 Å². The second-order valence-electron chi connectivity index (χ2n) is 7.50. The summed E-state index contributed by atoms with van der Waals surface area (Å²) < 4.78 is 5.97. The van der Waals surface area contributed by atoms with Crippen LogP contribution in [0, 0.1) is 12.3 Å². The van der Waals surface area contributed by atoms with E-state index in [9.17, 15) is 14.7 Å². The number of hydrogen-bond donors (Lipinski definition) is 2. The van der Waals surface area contributed by atoms with Gasteiger partial charge in [-0.15, -0.1) is 0 Å². The van der Waals surface area contributed by atoms with Gasteiger partial charge in [0.15, 0.2) is 0 Å². The van der Waals surface area contributed by atoms with Crippen molar-refractivity contribution in [2.45, 2.75) is 41.0 Å². The Kier molecular flexibility index (Phi) is 6.48. The Hall–Kier alpha value is -2.83. The van der Waals surface area contributed by atoms with Crippen LogP contribution >= 0.6 is 0 Å². The zero-order chi connectivity index (χ0) is 21.1. The summed E-state index contributed by atoms with van der Waals surface area (Å²) in [4.78, 5) is 30.6. The van der Waals surface area contributed by atoms with Crippen LogP contribution in [0.1, 0.15) is 50.2 Å². The molecule has 28 heavy (non-hydrogen) atoms. The van der Waals surface area contributed by atoms with Crippen LogP contribution in [0.15, 0.2) is 18.2 Å². The molecule has 0 aliphatic carbocycles. The van der Waals surface area contributed by atoms with Crippen LogP contribution in [-0.4, -0.2) is 46.6 Å². The minimum absolute atomic E-state index is 0.0188. The molecule has 0 bridgehead atoms. The molecule has 1 aromatic heterocycles. The molecule has 2 rings (SSSR count). The van der Waals surface area contributed by atoms with Crippen LogP contribution in [0.3, 0.4) is 0 Å². The number of benzene rings is 1. The van der Waals surface area contributed by atoms with Crippen molar-refractivity contribution in [1.82, 2.24) is 9.88 Å². The molecule has 3 N–H and O–H groups in total. The van der Waals surface area contributed by atoms with Gasteiger partial charge in [-0.2, -0.15) is 0 Å². The molecule has 0 aliphatic rings. The highest BCUT2D eigenvalue weighted by Crippen LogP contribution is 2.34. The average molecular weight is 387 g/mol. The number of pyridine rings is 1. The number of carbonyl (C=O) groups excluding carboxylic acids is 1. The lowest BCUT2D eigenvalue weighted by molar-refractivity contribution is -0.141. The Bertz CT molecular complexity index is 893. The summed E-state index contributed by atoms with van der Waals surface area (Å²) >= 11 is 0. The summed E-state index contributed by atoms with van der Waals surface area (Å²) in [7, 11) is 0. The SMILES string of the molecule is CCCN(CC)C(=O)C(C)(C)COc1cccc2nc(C)c(C(=O)O)c(N)c12. The lowest BCUT2D eigenvalue weighted by Gasteiger charge is -2.31. The number of carbonyl (C=O) groups is 2. The standard InChI is InChI=1S/C21H29N3O4/c1-6-11-24(7-2)20(27)21(4,5)12-28-15-10-8-9-14-17(15)18(22)16(19(25)26)13(3)23-14/h8-10H,6-7,11-12H2,1-5H3,(H2,22,23)(H,25,26). The minimum Gasteiger partial charge on any atom is -0.492 e. The van der Waals surface area contributed by atoms with Gasteiger partial charge >= 0.3 is 5.97 Å². The van der Waals surface area contributed by atoms with E-state index in [4.69, 9.17) is 10.5 Å². The lowest BCUT2D eigenvalue weighted by Crippen LogP contribution is -2.44. The first-order chi connectivity index (χ1) is 13.1. The smallest absolute Gasteiger partial charge is 0.339 e. The molecule has 7 nitrogen and oxygen atoms in total. The highest BCUT2D eigenvalue weighted by Gasteiger charge is 2.32. The van der Waals surface area contributed by atoms with Crippen molar-refractivity contribution in [2.75, 3.05) is 25.4 Å². The number of carboxylic acid groups (broad SMARTS) is 1. The first kappa shape index (κ1) is 21.5. The molecule has 0 spiro atoms. The van der Waals surface area contributed by atoms with Crippen LogP contribution < -0.4 is 10.5 Å². The molecule has 152 valence electrons. The van der Waals surface area contributed by atoms with Gasteiger partial charge in [-0.3, -0.25) is 9.78 Å². The number of hydrogen-bond acceptors (Lipinski definition) is 5. The molecular formula is C21H29N3O4. The Morgan fingerprint density at radius 3 is 2.54 bits per heavy atom. The fraction of sp³-hybridized carbons (Fsp3) is 0.476. The second kappa shape index (κ2) is 8.46. The first-order valence-electron chi connectivity index (χ1n) is 9.48. The fourth-order valence-corrected chi connectivity index (χ4v) is 3.25. The van der Waals surface area contributed by atoms with Gasteiger partial charge in [0.25, 0.3) is 0 Å². The summed E-state index contributed by atoms with van der Waals surface area (Å²) in [6.07, 6.45) is 0.888. The number of carboxylic acids is 1. The molecular weight excluding hydrogens is 358 g/mol. The molecule has 0 saturated carbocycles. The number of rotatable bonds is 8. The van der Waals surface area contributed by atoms with Gasteiger partial charge < -0.3 is 20.5 Å². The number of aromatic carboxylic acids is 1. The van der Waals surface area contributed by atoms with E-state index in [0.29, 0.717) is 35.4 Å². The van der Waals surface area contributed by atoms with E-state index < -0.39 is 11.4 Å². The molecule has 1 heterocycles. The van der Waals surface area contributed by atoms with Gasteiger partial charge in [-0.05, 0) is 46.2 Å². The number of nitrogen functional groups attached to an aromatic ring is 1. The van der Waals surface area contributed by atoms with Crippen LogP contribution in [0.2, 0.25) is 0 Å². The third-order valence-electron chi connectivity index (χ3n) is 4.74. The predicted octanol–water partition coefficient (Wildman–Crippen LogP) is 3.49. The number of amides is 1. The van der Waals surface area contributed by atoms with Crippen LogP contribution in [0.5, 0.6) is 5.75 Å². The van der Waals surface area contributed by atoms with E-state index in [1.165, 1.54) is 0 Å². The third kappa shape index (κ3) is 4.18. The number of nitrogens with two attached hydrogens (primary N) is 1. The number of ether oxygens (including phenoxy) is 1. The Morgan fingerprint density at radius 1 is 1.29 bits per heavy atom. The molecule has 0 fully saturated rings. The summed E-state index contributed by atoms with van der Waals surface area (Å²) in [5, 5.41) is 9.91. The topological polar surface area (TPSA) is 106 Å². The highest BCUT2D eigenvalue weighted by atomic mass is 16.5. The third-order valence-corrected chi connectivity index (χ3v) is 4.74. The normalized spacial score (nSPS) is 11.5. The van der Waals surface area contributed by atoms with Crippen molar-refractivity contribution in [3.63, 3.8) is 0 Å². The van der Waals surface area contributed by atoms with Crippen molar-refractivity contribution in [1.29, 1.82) is 0 Å². The number of nitrogens with zero attached hydrogens (tertiary/aromatic N) is 2. The summed E-state index contributed by atoms with van der Waals surface area (Å²) in [6.45, 7) is 10.8. The van der Waals surface area contributed by atoms with Crippen LogP contribution in [0.4, 0.5) is 5.69 Å². The monoisotopic (exact) mass is 387 g/mol. The maximum Gasteiger partial charge on any atom is 0.339 e. The molecule has 7 heteroatoms. The van der Waals surface area contributed by atoms with Crippen molar-refractivity contribution in [3.8, 4) is 5.75 Å². The van der Waals surface area contributed by atoms with Crippen molar-refractivity contribution < 1.29 is 19.4 Å². The average Bonchev–Trinajstić information content (AvgIpc) is 2.63. The number of fused-ring (bicyclic) bond motifs is 1. The van der Waals surface area contributed by atoms with E-state index in [0.717, 1.165) is 6.42 Å².